The molecule has 0 aromatic carbocycles. The Bertz CT molecular complexity index is 531. The highest BCUT2D eigenvalue weighted by Crippen LogP contribution is 2.30. The Hall–Kier alpha value is -0.950. The van der Waals surface area contributed by atoms with Gasteiger partial charge in [-0.05, 0) is 20.4 Å². The van der Waals surface area contributed by atoms with E-state index in [2.05, 4.69) is 39.4 Å². The van der Waals surface area contributed by atoms with Gasteiger partial charge in [-0.2, -0.15) is 0 Å². The van der Waals surface area contributed by atoms with E-state index in [0.717, 1.165) is 45.9 Å². The van der Waals surface area contributed by atoms with Crippen LogP contribution in [0.1, 0.15) is 30.9 Å². The molecule has 3 aliphatic heterocycles. The molecule has 0 spiro atoms. The number of hydrogen-bond donors (Lipinski definition) is 0. The van der Waals surface area contributed by atoms with Crippen molar-refractivity contribution in [3.63, 3.8) is 0 Å². The van der Waals surface area contributed by atoms with Crippen molar-refractivity contribution in [2.45, 2.75) is 38.5 Å². The number of imidazole rings is 1. The lowest BCUT2D eigenvalue weighted by atomic mass is 10.1. The molecule has 4 rings (SSSR count). The van der Waals surface area contributed by atoms with Crippen molar-refractivity contribution in [3.8, 4) is 0 Å². The van der Waals surface area contributed by atoms with Crippen LogP contribution in [0.2, 0.25) is 0 Å². The zero-order valence-corrected chi connectivity index (χ0v) is 14.4. The number of rotatable bonds is 3. The second-order valence-corrected chi connectivity index (χ2v) is 7.27. The predicted octanol–water partition coefficient (Wildman–Crippen LogP) is 0.796. The van der Waals surface area contributed by atoms with E-state index in [1.54, 1.807) is 0 Å². The van der Waals surface area contributed by atoms with E-state index in [9.17, 15) is 0 Å². The molecule has 6 nitrogen and oxygen atoms in total. The van der Waals surface area contributed by atoms with Crippen LogP contribution in [0.3, 0.4) is 0 Å². The van der Waals surface area contributed by atoms with Crippen molar-refractivity contribution in [1.82, 2.24) is 24.3 Å². The van der Waals surface area contributed by atoms with Gasteiger partial charge in [-0.1, -0.05) is 0 Å². The third-order valence-corrected chi connectivity index (χ3v) is 5.78. The number of likely N-dealkylation sites (N-methyl/N-ethyl adjacent to an activating group) is 1. The summed E-state index contributed by atoms with van der Waals surface area (Å²) in [5.41, 5.74) is 1.39. The topological polar surface area (TPSA) is 36.8 Å². The van der Waals surface area contributed by atoms with Crippen LogP contribution in [0.15, 0.2) is 6.20 Å². The van der Waals surface area contributed by atoms with Gasteiger partial charge in [0.15, 0.2) is 0 Å². The van der Waals surface area contributed by atoms with Gasteiger partial charge < -0.3 is 14.2 Å². The molecule has 0 amide bonds. The lowest BCUT2D eigenvalue weighted by molar-refractivity contribution is 0.0882. The number of aromatic nitrogens is 2. The summed E-state index contributed by atoms with van der Waals surface area (Å²) in [7, 11) is 2.21. The molecule has 0 N–H and O–H groups in total. The third kappa shape index (κ3) is 3.05. The van der Waals surface area contributed by atoms with Crippen LogP contribution in [0.4, 0.5) is 0 Å². The molecule has 1 aromatic heterocycles. The fourth-order valence-corrected chi connectivity index (χ4v) is 4.22. The molecule has 23 heavy (non-hydrogen) atoms. The van der Waals surface area contributed by atoms with Gasteiger partial charge in [0.05, 0.1) is 18.3 Å². The van der Waals surface area contributed by atoms with E-state index in [0.29, 0.717) is 12.1 Å². The van der Waals surface area contributed by atoms with Crippen molar-refractivity contribution in [2.24, 2.45) is 0 Å². The first-order valence-electron chi connectivity index (χ1n) is 9.01. The summed E-state index contributed by atoms with van der Waals surface area (Å²) >= 11 is 0. The van der Waals surface area contributed by atoms with Gasteiger partial charge >= 0.3 is 0 Å². The summed E-state index contributed by atoms with van der Waals surface area (Å²) in [5, 5.41) is 0. The van der Waals surface area contributed by atoms with Gasteiger partial charge in [0.2, 0.25) is 0 Å². The summed E-state index contributed by atoms with van der Waals surface area (Å²) in [5.74, 6) is 1.24. The Kier molecular flexibility index (Phi) is 4.41. The highest BCUT2D eigenvalue weighted by atomic mass is 16.5. The van der Waals surface area contributed by atoms with E-state index in [-0.39, 0.29) is 0 Å². The standard InChI is InChI=1S/C17H29N5O/c1-14-17-18-11-16(12-20-6-4-19(2)5-7-20)22(17)9-8-21(14)15-3-10-23-13-15/h11,14-15H,3-10,12-13H2,1-2H3. The number of piperazine rings is 1. The Morgan fingerprint density at radius 1 is 1.17 bits per heavy atom. The molecule has 0 radical (unpaired) electrons. The molecule has 0 aliphatic carbocycles. The van der Waals surface area contributed by atoms with E-state index in [4.69, 9.17) is 9.72 Å². The first-order valence-corrected chi connectivity index (χ1v) is 9.01. The van der Waals surface area contributed by atoms with Crippen molar-refractivity contribution < 1.29 is 4.74 Å². The zero-order valence-electron chi connectivity index (χ0n) is 14.4. The van der Waals surface area contributed by atoms with Crippen molar-refractivity contribution in [2.75, 3.05) is 53.0 Å². The summed E-state index contributed by atoms with van der Waals surface area (Å²) in [6.07, 6.45) is 3.28. The molecule has 4 heterocycles. The average molecular weight is 319 g/mol. The van der Waals surface area contributed by atoms with Crippen LogP contribution in [0.25, 0.3) is 0 Å². The van der Waals surface area contributed by atoms with E-state index < -0.39 is 0 Å². The first kappa shape index (κ1) is 15.6. The maximum Gasteiger partial charge on any atom is 0.126 e. The molecule has 2 atom stereocenters. The van der Waals surface area contributed by atoms with Crippen LogP contribution >= 0.6 is 0 Å². The maximum atomic E-state index is 5.58. The second-order valence-electron chi connectivity index (χ2n) is 7.27. The van der Waals surface area contributed by atoms with Crippen LogP contribution < -0.4 is 0 Å². The van der Waals surface area contributed by atoms with Gasteiger partial charge in [-0.25, -0.2) is 4.98 Å². The third-order valence-electron chi connectivity index (χ3n) is 5.78. The molecule has 2 fully saturated rings. The van der Waals surface area contributed by atoms with E-state index in [1.165, 1.54) is 31.0 Å². The van der Waals surface area contributed by atoms with Gasteiger partial charge in [0, 0.05) is 64.7 Å². The smallest absolute Gasteiger partial charge is 0.126 e. The van der Waals surface area contributed by atoms with Crippen LogP contribution in [0, 0.1) is 0 Å². The van der Waals surface area contributed by atoms with Gasteiger partial charge in [-0.15, -0.1) is 0 Å². The largest absolute Gasteiger partial charge is 0.380 e. The molecule has 0 bridgehead atoms. The second kappa shape index (κ2) is 6.51. The van der Waals surface area contributed by atoms with Crippen LogP contribution in [-0.4, -0.2) is 83.3 Å². The van der Waals surface area contributed by atoms with Crippen molar-refractivity contribution in [1.29, 1.82) is 0 Å². The van der Waals surface area contributed by atoms with Crippen molar-refractivity contribution in [3.05, 3.63) is 17.7 Å². The molecule has 1 aromatic rings. The van der Waals surface area contributed by atoms with Crippen LogP contribution in [0.5, 0.6) is 0 Å². The number of fused-ring (bicyclic) bond motifs is 1. The van der Waals surface area contributed by atoms with Gasteiger partial charge in [0.1, 0.15) is 5.82 Å². The molecular formula is C17H29N5O. The SMILES string of the molecule is CC1c2ncc(CN3CCN(C)CC3)n2CCN1C1CCOC1. The average Bonchev–Trinajstić information content (AvgIpc) is 3.21. The molecule has 0 saturated carbocycles. The highest BCUT2D eigenvalue weighted by Gasteiger charge is 2.33. The van der Waals surface area contributed by atoms with Crippen LogP contribution in [-0.2, 0) is 17.8 Å². The molecule has 2 saturated heterocycles. The van der Waals surface area contributed by atoms with Gasteiger partial charge in [0.25, 0.3) is 0 Å². The molecule has 6 heteroatoms. The Balaban J connectivity index is 1.45. The van der Waals surface area contributed by atoms with Gasteiger partial charge in [-0.3, -0.25) is 9.80 Å². The Labute approximate surface area is 139 Å². The number of hydrogen-bond acceptors (Lipinski definition) is 5. The van der Waals surface area contributed by atoms with E-state index in [1.807, 2.05) is 0 Å². The van der Waals surface area contributed by atoms with Crippen molar-refractivity contribution >= 4 is 0 Å². The highest BCUT2D eigenvalue weighted by molar-refractivity contribution is 5.12. The lowest BCUT2D eigenvalue weighted by Gasteiger charge is -2.38. The fourth-order valence-electron chi connectivity index (χ4n) is 4.22. The quantitative estimate of drug-likeness (QED) is 0.824. The number of ether oxygens (including phenoxy) is 1. The predicted molar refractivity (Wildman–Crippen MR) is 89.3 cm³/mol. The molecule has 128 valence electrons. The van der Waals surface area contributed by atoms with E-state index >= 15 is 0 Å². The minimum absolute atomic E-state index is 0.400. The monoisotopic (exact) mass is 319 g/mol. The molecule has 2 unspecified atom stereocenters. The molecular weight excluding hydrogens is 290 g/mol. The minimum atomic E-state index is 0.400. The molecule has 3 aliphatic rings. The Morgan fingerprint density at radius 3 is 2.74 bits per heavy atom. The Morgan fingerprint density at radius 2 is 2.00 bits per heavy atom. The summed E-state index contributed by atoms with van der Waals surface area (Å²) in [6, 6.07) is 0.980. The summed E-state index contributed by atoms with van der Waals surface area (Å²) < 4.78 is 8.05. The maximum absolute atomic E-state index is 5.58. The first-order chi connectivity index (χ1) is 11.2. The zero-order chi connectivity index (χ0) is 15.8. The lowest BCUT2D eigenvalue weighted by Crippen LogP contribution is -2.45. The minimum Gasteiger partial charge on any atom is -0.380 e. The normalized spacial score (nSPS) is 30.7. The fraction of sp³-hybridized carbons (Fsp3) is 0.824. The summed E-state index contributed by atoms with van der Waals surface area (Å²) in [4.78, 5) is 12.3. The number of nitrogens with zero attached hydrogens (tertiary/aromatic N) is 5. The summed E-state index contributed by atoms with van der Waals surface area (Å²) in [6.45, 7) is 12.0.